The minimum absolute atomic E-state index is 0.117. The Balaban J connectivity index is 2.84. The Hall–Kier alpha value is -2.08. The molecule has 2 aromatic rings. The highest BCUT2D eigenvalue weighted by molar-refractivity contribution is 5.74. The zero-order valence-electron chi connectivity index (χ0n) is 7.47. The van der Waals surface area contributed by atoms with E-state index in [1.54, 1.807) is 12.3 Å². The molecule has 0 aliphatic carbocycles. The highest BCUT2D eigenvalue weighted by Crippen LogP contribution is 2.06. The molecule has 2 heterocycles. The molecule has 0 bridgehead atoms. The molecule has 3 nitrogen and oxygen atoms in total. The molecule has 0 aromatic carbocycles. The summed E-state index contributed by atoms with van der Waals surface area (Å²) >= 11 is 0. The van der Waals surface area contributed by atoms with Gasteiger partial charge in [-0.1, -0.05) is 5.92 Å². The van der Waals surface area contributed by atoms with E-state index in [4.69, 9.17) is 6.42 Å². The van der Waals surface area contributed by atoms with E-state index in [9.17, 15) is 4.79 Å². The fraction of sp³-hybridized carbons (Fsp3) is 0.0909. The van der Waals surface area contributed by atoms with Gasteiger partial charge in [-0.15, -0.1) is 6.42 Å². The van der Waals surface area contributed by atoms with Crippen molar-refractivity contribution in [2.45, 2.75) is 6.54 Å². The summed E-state index contributed by atoms with van der Waals surface area (Å²) in [6, 6.07) is 6.97. The van der Waals surface area contributed by atoms with Gasteiger partial charge in [-0.05, 0) is 18.2 Å². The van der Waals surface area contributed by atoms with Crippen LogP contribution < -0.4 is 5.56 Å². The highest BCUT2D eigenvalue weighted by atomic mass is 16.1. The van der Waals surface area contributed by atoms with Crippen LogP contribution >= 0.6 is 0 Å². The summed E-state index contributed by atoms with van der Waals surface area (Å²) < 4.78 is 1.48. The first-order valence-corrected chi connectivity index (χ1v) is 4.21. The third-order valence-electron chi connectivity index (χ3n) is 1.99. The number of hydrogen-bond donors (Lipinski definition) is 0. The molecule has 0 spiro atoms. The van der Waals surface area contributed by atoms with E-state index in [0.29, 0.717) is 5.65 Å². The number of rotatable bonds is 1. The van der Waals surface area contributed by atoms with Crippen molar-refractivity contribution in [1.29, 1.82) is 0 Å². The molecule has 0 saturated carbocycles. The van der Waals surface area contributed by atoms with Gasteiger partial charge in [-0.25, -0.2) is 4.98 Å². The number of nitrogens with zero attached hydrogens (tertiary/aromatic N) is 2. The lowest BCUT2D eigenvalue weighted by Crippen LogP contribution is -2.19. The third-order valence-corrected chi connectivity index (χ3v) is 1.99. The van der Waals surface area contributed by atoms with E-state index in [2.05, 4.69) is 10.9 Å². The normalized spacial score (nSPS) is 9.93. The van der Waals surface area contributed by atoms with Gasteiger partial charge in [0, 0.05) is 17.6 Å². The fourth-order valence-corrected chi connectivity index (χ4v) is 1.36. The summed E-state index contributed by atoms with van der Waals surface area (Å²) in [4.78, 5) is 15.6. The van der Waals surface area contributed by atoms with E-state index < -0.39 is 0 Å². The standard InChI is InChI=1S/C11H8N2O/c1-2-8-13-10(14)6-5-9-4-3-7-12-11(9)13/h1,3-7H,8H2. The van der Waals surface area contributed by atoms with Crippen LogP contribution in [0.5, 0.6) is 0 Å². The van der Waals surface area contributed by atoms with E-state index in [1.165, 1.54) is 10.6 Å². The Labute approximate surface area is 81.0 Å². The van der Waals surface area contributed by atoms with Crippen molar-refractivity contribution in [3.05, 3.63) is 40.8 Å². The van der Waals surface area contributed by atoms with Gasteiger partial charge >= 0.3 is 0 Å². The van der Waals surface area contributed by atoms with Gasteiger partial charge in [-0.3, -0.25) is 9.36 Å². The molecular formula is C11H8N2O. The highest BCUT2D eigenvalue weighted by Gasteiger charge is 2.00. The van der Waals surface area contributed by atoms with E-state index in [-0.39, 0.29) is 12.1 Å². The van der Waals surface area contributed by atoms with Gasteiger partial charge in [0.1, 0.15) is 5.65 Å². The molecule has 0 saturated heterocycles. The van der Waals surface area contributed by atoms with Crippen LogP contribution in [0.15, 0.2) is 35.3 Å². The van der Waals surface area contributed by atoms with E-state index in [1.807, 2.05) is 12.1 Å². The van der Waals surface area contributed by atoms with Crippen molar-refractivity contribution < 1.29 is 0 Å². The molecule has 0 radical (unpaired) electrons. The number of aromatic nitrogens is 2. The second-order valence-corrected chi connectivity index (χ2v) is 2.88. The van der Waals surface area contributed by atoms with Crippen molar-refractivity contribution in [2.24, 2.45) is 0 Å². The van der Waals surface area contributed by atoms with Gasteiger partial charge in [0.2, 0.25) is 0 Å². The Morgan fingerprint density at radius 3 is 3.07 bits per heavy atom. The van der Waals surface area contributed by atoms with Crippen molar-refractivity contribution in [3.63, 3.8) is 0 Å². The second kappa shape index (κ2) is 3.35. The first-order chi connectivity index (χ1) is 6.83. The molecule has 14 heavy (non-hydrogen) atoms. The number of terminal acetylenes is 1. The molecular weight excluding hydrogens is 176 g/mol. The monoisotopic (exact) mass is 184 g/mol. The second-order valence-electron chi connectivity index (χ2n) is 2.88. The lowest BCUT2D eigenvalue weighted by atomic mass is 10.3. The van der Waals surface area contributed by atoms with Gasteiger partial charge in [0.05, 0.1) is 6.54 Å². The average molecular weight is 184 g/mol. The Kier molecular flexibility index (Phi) is 2.04. The van der Waals surface area contributed by atoms with Crippen molar-refractivity contribution >= 4 is 11.0 Å². The molecule has 2 aromatic heterocycles. The minimum atomic E-state index is -0.117. The molecule has 0 aliphatic heterocycles. The van der Waals surface area contributed by atoms with Crippen LogP contribution in [0, 0.1) is 12.3 Å². The smallest absolute Gasteiger partial charge is 0.253 e. The quantitative estimate of drug-likeness (QED) is 0.620. The van der Waals surface area contributed by atoms with Crippen LogP contribution in [0.4, 0.5) is 0 Å². The third kappa shape index (κ3) is 1.27. The molecule has 0 atom stereocenters. The van der Waals surface area contributed by atoms with Crippen molar-refractivity contribution in [3.8, 4) is 12.3 Å². The maximum Gasteiger partial charge on any atom is 0.253 e. The minimum Gasteiger partial charge on any atom is -0.281 e. The summed E-state index contributed by atoms with van der Waals surface area (Å²) in [5.74, 6) is 2.44. The summed E-state index contributed by atoms with van der Waals surface area (Å²) in [6.45, 7) is 0.257. The summed E-state index contributed by atoms with van der Waals surface area (Å²) in [6.07, 6.45) is 6.83. The molecule has 0 fully saturated rings. The zero-order valence-corrected chi connectivity index (χ0v) is 7.47. The predicted octanol–water partition coefficient (Wildman–Crippen LogP) is 1.03. The first-order valence-electron chi connectivity index (χ1n) is 4.21. The Morgan fingerprint density at radius 2 is 2.29 bits per heavy atom. The molecule has 0 aliphatic rings. The Morgan fingerprint density at radius 1 is 1.43 bits per heavy atom. The van der Waals surface area contributed by atoms with Gasteiger partial charge < -0.3 is 0 Å². The zero-order chi connectivity index (χ0) is 9.97. The van der Waals surface area contributed by atoms with Gasteiger partial charge in [0.15, 0.2) is 0 Å². The molecule has 3 heteroatoms. The summed E-state index contributed by atoms with van der Waals surface area (Å²) in [5.41, 5.74) is 0.520. The topological polar surface area (TPSA) is 34.9 Å². The molecule has 0 amide bonds. The molecule has 2 rings (SSSR count). The van der Waals surface area contributed by atoms with Crippen LogP contribution in [0.2, 0.25) is 0 Å². The van der Waals surface area contributed by atoms with Crippen LogP contribution in [0.1, 0.15) is 0 Å². The van der Waals surface area contributed by atoms with Crippen LogP contribution in [0.25, 0.3) is 11.0 Å². The molecule has 68 valence electrons. The van der Waals surface area contributed by atoms with Gasteiger partial charge in [0.25, 0.3) is 5.56 Å². The van der Waals surface area contributed by atoms with Crippen LogP contribution in [-0.2, 0) is 6.54 Å². The largest absolute Gasteiger partial charge is 0.281 e. The molecule has 0 N–H and O–H groups in total. The van der Waals surface area contributed by atoms with Crippen molar-refractivity contribution in [2.75, 3.05) is 0 Å². The Bertz CT molecular complexity index is 563. The molecule has 0 unspecified atom stereocenters. The summed E-state index contributed by atoms with van der Waals surface area (Å²) in [5, 5.41) is 0.919. The van der Waals surface area contributed by atoms with Gasteiger partial charge in [-0.2, -0.15) is 0 Å². The lowest BCUT2D eigenvalue weighted by Gasteiger charge is -2.04. The van der Waals surface area contributed by atoms with E-state index >= 15 is 0 Å². The average Bonchev–Trinajstić information content (AvgIpc) is 2.23. The number of hydrogen-bond acceptors (Lipinski definition) is 2. The van der Waals surface area contributed by atoms with Crippen LogP contribution in [0.3, 0.4) is 0 Å². The van der Waals surface area contributed by atoms with Crippen molar-refractivity contribution in [1.82, 2.24) is 9.55 Å². The predicted molar refractivity (Wildman–Crippen MR) is 54.8 cm³/mol. The van der Waals surface area contributed by atoms with E-state index in [0.717, 1.165) is 5.39 Å². The fourth-order valence-electron chi connectivity index (χ4n) is 1.36. The maximum absolute atomic E-state index is 11.5. The SMILES string of the molecule is C#CCn1c(=O)ccc2cccnc21. The lowest BCUT2D eigenvalue weighted by molar-refractivity contribution is 0.822. The number of fused-ring (bicyclic) bond motifs is 1. The van der Waals surface area contributed by atoms with Crippen LogP contribution in [-0.4, -0.2) is 9.55 Å². The number of pyridine rings is 2. The maximum atomic E-state index is 11.5. The first kappa shape index (κ1) is 8.52. The summed E-state index contributed by atoms with van der Waals surface area (Å²) in [7, 11) is 0.